The Morgan fingerprint density at radius 2 is 2.33 bits per heavy atom. The molecule has 0 atom stereocenters. The van der Waals surface area contributed by atoms with E-state index in [2.05, 4.69) is 29.9 Å². The molecular formula is C8H9N7O3. The number of nitrogens with two attached hydrogens (primary N) is 1. The van der Waals surface area contributed by atoms with Crippen molar-refractivity contribution in [1.29, 1.82) is 0 Å². The maximum absolute atomic E-state index is 10.9. The maximum atomic E-state index is 10.9. The molecule has 0 spiro atoms. The van der Waals surface area contributed by atoms with E-state index < -0.39 is 4.92 Å². The Bertz CT molecular complexity index is 568. The van der Waals surface area contributed by atoms with Gasteiger partial charge in [-0.05, 0) is 6.92 Å². The van der Waals surface area contributed by atoms with Gasteiger partial charge in [-0.1, -0.05) is 5.16 Å². The van der Waals surface area contributed by atoms with Crippen LogP contribution in [-0.4, -0.2) is 25.0 Å². The third-order valence-electron chi connectivity index (χ3n) is 2.08. The minimum Gasteiger partial charge on any atom is -0.368 e. The predicted octanol–water partition coefficient (Wildman–Crippen LogP) is 0.271. The van der Waals surface area contributed by atoms with Gasteiger partial charge >= 0.3 is 5.69 Å². The maximum Gasteiger partial charge on any atom is 0.332 e. The fourth-order valence-electron chi connectivity index (χ4n) is 1.36. The Labute approximate surface area is 100 Å². The average molecular weight is 251 g/mol. The van der Waals surface area contributed by atoms with Crippen molar-refractivity contribution in [3.63, 3.8) is 0 Å². The van der Waals surface area contributed by atoms with E-state index in [1.54, 1.807) is 0 Å². The van der Waals surface area contributed by atoms with E-state index in [9.17, 15) is 10.1 Å². The highest BCUT2D eigenvalue weighted by molar-refractivity contribution is 5.60. The van der Waals surface area contributed by atoms with Gasteiger partial charge in [0.25, 0.3) is 0 Å². The SMILES string of the molecule is Cc1nc(N)nc(NCc2ncon2)c1[N+](=O)[O-]. The zero-order valence-electron chi connectivity index (χ0n) is 9.32. The molecule has 2 aromatic rings. The van der Waals surface area contributed by atoms with E-state index in [0.717, 1.165) is 6.39 Å². The van der Waals surface area contributed by atoms with Crippen molar-refractivity contribution in [2.24, 2.45) is 0 Å². The predicted molar refractivity (Wildman–Crippen MR) is 59.5 cm³/mol. The summed E-state index contributed by atoms with van der Waals surface area (Å²) in [6.07, 6.45) is 1.16. The van der Waals surface area contributed by atoms with Gasteiger partial charge in [0.15, 0.2) is 5.82 Å². The second kappa shape index (κ2) is 4.61. The third kappa shape index (κ3) is 2.31. The van der Waals surface area contributed by atoms with Crippen molar-refractivity contribution >= 4 is 17.5 Å². The summed E-state index contributed by atoms with van der Waals surface area (Å²) in [5.41, 5.74) is 5.40. The van der Waals surface area contributed by atoms with Crippen molar-refractivity contribution in [1.82, 2.24) is 20.1 Å². The number of hydrogen-bond donors (Lipinski definition) is 2. The van der Waals surface area contributed by atoms with Crippen LogP contribution in [0.5, 0.6) is 0 Å². The van der Waals surface area contributed by atoms with E-state index in [1.807, 2.05) is 0 Å². The molecule has 0 radical (unpaired) electrons. The van der Waals surface area contributed by atoms with E-state index in [4.69, 9.17) is 5.73 Å². The molecule has 18 heavy (non-hydrogen) atoms. The molecule has 0 bridgehead atoms. The number of rotatable bonds is 4. The molecular weight excluding hydrogens is 242 g/mol. The zero-order chi connectivity index (χ0) is 13.1. The Morgan fingerprint density at radius 1 is 1.56 bits per heavy atom. The van der Waals surface area contributed by atoms with Crippen molar-refractivity contribution in [3.05, 3.63) is 28.0 Å². The molecule has 10 heteroatoms. The molecule has 0 aliphatic rings. The van der Waals surface area contributed by atoms with Crippen molar-refractivity contribution in [2.75, 3.05) is 11.1 Å². The molecule has 2 heterocycles. The minimum atomic E-state index is -0.576. The lowest BCUT2D eigenvalue weighted by Gasteiger charge is -2.06. The smallest absolute Gasteiger partial charge is 0.332 e. The van der Waals surface area contributed by atoms with Crippen LogP contribution < -0.4 is 11.1 Å². The third-order valence-corrected chi connectivity index (χ3v) is 2.08. The largest absolute Gasteiger partial charge is 0.368 e. The van der Waals surface area contributed by atoms with Crippen molar-refractivity contribution in [2.45, 2.75) is 13.5 Å². The summed E-state index contributed by atoms with van der Waals surface area (Å²) in [7, 11) is 0. The van der Waals surface area contributed by atoms with Gasteiger partial charge in [0.05, 0.1) is 11.5 Å². The first kappa shape index (κ1) is 11.7. The molecule has 10 nitrogen and oxygen atoms in total. The van der Waals surface area contributed by atoms with Crippen molar-refractivity contribution in [3.8, 4) is 0 Å². The summed E-state index contributed by atoms with van der Waals surface area (Å²) in [6.45, 7) is 1.61. The van der Waals surface area contributed by atoms with Gasteiger partial charge in [0, 0.05) is 0 Å². The molecule has 2 aromatic heterocycles. The quantitative estimate of drug-likeness (QED) is 0.577. The summed E-state index contributed by atoms with van der Waals surface area (Å²) >= 11 is 0. The van der Waals surface area contributed by atoms with Crippen LogP contribution in [0.4, 0.5) is 17.5 Å². The summed E-state index contributed by atoms with van der Waals surface area (Å²) in [5.74, 6) is 0.322. The summed E-state index contributed by atoms with van der Waals surface area (Å²) < 4.78 is 4.54. The van der Waals surface area contributed by atoms with Crippen LogP contribution in [0.25, 0.3) is 0 Å². The molecule has 0 unspecified atom stereocenters. The Balaban J connectivity index is 2.28. The number of hydrogen-bond acceptors (Lipinski definition) is 9. The number of aromatic nitrogens is 4. The van der Waals surface area contributed by atoms with Crippen LogP contribution in [0.1, 0.15) is 11.5 Å². The molecule has 94 valence electrons. The van der Waals surface area contributed by atoms with E-state index in [0.29, 0.717) is 5.82 Å². The van der Waals surface area contributed by atoms with Crippen LogP contribution in [-0.2, 0) is 6.54 Å². The lowest BCUT2D eigenvalue weighted by molar-refractivity contribution is -0.385. The number of nitrogens with zero attached hydrogens (tertiary/aromatic N) is 5. The van der Waals surface area contributed by atoms with E-state index in [-0.39, 0.29) is 29.7 Å². The van der Waals surface area contributed by atoms with Gasteiger partial charge in [-0.2, -0.15) is 9.97 Å². The minimum absolute atomic E-state index is 0.0230. The molecule has 2 rings (SSSR count). The normalized spacial score (nSPS) is 10.3. The van der Waals surface area contributed by atoms with E-state index in [1.165, 1.54) is 6.92 Å². The summed E-state index contributed by atoms with van der Waals surface area (Å²) in [5, 5.41) is 17.2. The van der Waals surface area contributed by atoms with Crippen LogP contribution in [0, 0.1) is 17.0 Å². The highest BCUT2D eigenvalue weighted by Crippen LogP contribution is 2.25. The molecule has 0 aromatic carbocycles. The first-order valence-corrected chi connectivity index (χ1v) is 4.85. The second-order valence-corrected chi connectivity index (χ2v) is 3.32. The van der Waals surface area contributed by atoms with Gasteiger partial charge in [-0.25, -0.2) is 4.98 Å². The highest BCUT2D eigenvalue weighted by Gasteiger charge is 2.21. The summed E-state index contributed by atoms with van der Waals surface area (Å²) in [6, 6.07) is 0. The highest BCUT2D eigenvalue weighted by atomic mass is 16.6. The Morgan fingerprint density at radius 3 is 2.94 bits per heavy atom. The van der Waals surface area contributed by atoms with Gasteiger partial charge in [-0.15, -0.1) is 0 Å². The van der Waals surface area contributed by atoms with Gasteiger partial charge < -0.3 is 15.6 Å². The molecule has 0 saturated heterocycles. The number of aryl methyl sites for hydroxylation is 1. The van der Waals surface area contributed by atoms with Crippen LogP contribution >= 0.6 is 0 Å². The average Bonchev–Trinajstić information content (AvgIpc) is 2.77. The number of nitrogen functional groups attached to an aromatic ring is 1. The molecule has 0 aliphatic carbocycles. The number of anilines is 2. The first-order valence-electron chi connectivity index (χ1n) is 4.85. The molecule has 3 N–H and O–H groups in total. The van der Waals surface area contributed by atoms with Gasteiger partial charge in [-0.3, -0.25) is 10.1 Å². The van der Waals surface area contributed by atoms with Crippen LogP contribution in [0.15, 0.2) is 10.9 Å². The topological polar surface area (TPSA) is 146 Å². The lowest BCUT2D eigenvalue weighted by atomic mass is 10.3. The molecule has 0 amide bonds. The first-order chi connectivity index (χ1) is 8.58. The van der Waals surface area contributed by atoms with Gasteiger partial charge in [0.2, 0.25) is 18.2 Å². The number of nitro groups is 1. The van der Waals surface area contributed by atoms with Crippen LogP contribution in [0.3, 0.4) is 0 Å². The standard InChI is InChI=1S/C8H9N7O3/c1-4-6(15(16)17)7(13-8(9)12-4)10-2-5-11-3-18-14-5/h3H,2H2,1H3,(H3,9,10,12,13). The molecule has 0 saturated carbocycles. The lowest BCUT2D eigenvalue weighted by Crippen LogP contribution is -2.10. The van der Waals surface area contributed by atoms with Crippen LogP contribution in [0.2, 0.25) is 0 Å². The summed E-state index contributed by atoms with van der Waals surface area (Å²) in [4.78, 5) is 21.6. The molecule has 0 fully saturated rings. The van der Waals surface area contributed by atoms with Crippen molar-refractivity contribution < 1.29 is 9.45 Å². The number of nitrogens with one attached hydrogen (secondary N) is 1. The fourth-order valence-corrected chi connectivity index (χ4v) is 1.36. The zero-order valence-corrected chi connectivity index (χ0v) is 9.32. The fraction of sp³-hybridized carbons (Fsp3) is 0.250. The second-order valence-electron chi connectivity index (χ2n) is 3.32. The van der Waals surface area contributed by atoms with E-state index >= 15 is 0 Å². The Hall–Kier alpha value is -2.78. The molecule has 0 aliphatic heterocycles. The van der Waals surface area contributed by atoms with Gasteiger partial charge in [0.1, 0.15) is 5.69 Å². The Kier molecular flexibility index (Phi) is 3.00. The monoisotopic (exact) mass is 251 g/mol.